The fourth-order valence-corrected chi connectivity index (χ4v) is 18.0. The molecule has 2 saturated carbocycles. The van der Waals surface area contributed by atoms with Crippen molar-refractivity contribution in [3.8, 4) is 0 Å². The van der Waals surface area contributed by atoms with Crippen molar-refractivity contribution in [2.75, 3.05) is 9.80 Å². The van der Waals surface area contributed by atoms with E-state index in [1.807, 2.05) is 5.29 Å². The van der Waals surface area contributed by atoms with E-state index in [9.17, 15) is 0 Å². The van der Waals surface area contributed by atoms with E-state index in [0.29, 0.717) is 34.2 Å². The number of hydrogen-bond acceptors (Lipinski definition) is 2. The summed E-state index contributed by atoms with van der Waals surface area (Å²) in [6, 6.07) is 14.9. The van der Waals surface area contributed by atoms with Crippen molar-refractivity contribution in [2.45, 2.75) is 200 Å². The zero-order valence-corrected chi connectivity index (χ0v) is 34.7. The molecule has 5 aliphatic rings. The molecular weight excluding hydrogens is 609 g/mol. The van der Waals surface area contributed by atoms with E-state index in [2.05, 4.69) is 129 Å². The van der Waals surface area contributed by atoms with Gasteiger partial charge in [-0.1, -0.05) is 130 Å². The lowest BCUT2D eigenvalue weighted by Crippen LogP contribution is -2.66. The fraction of sp³-hybridized carbons (Fsp3) is 0.717. The molecule has 7 rings (SSSR count). The highest BCUT2D eigenvalue weighted by atomic mass is 28.2. The third kappa shape index (κ3) is 5.30. The highest BCUT2D eigenvalue weighted by molar-refractivity contribution is 6.78. The quantitative estimate of drug-likeness (QED) is 0.297. The molecule has 49 heavy (non-hydrogen) atoms. The molecule has 2 aromatic carbocycles. The maximum atomic E-state index is 3.16. The first-order chi connectivity index (χ1) is 23.0. The molecular formula is C46H70N2Si. The van der Waals surface area contributed by atoms with Crippen LogP contribution in [0.5, 0.6) is 0 Å². The Labute approximate surface area is 303 Å². The van der Waals surface area contributed by atoms with Gasteiger partial charge in [0.25, 0.3) is 0 Å². The van der Waals surface area contributed by atoms with Crippen LogP contribution in [0.4, 0.5) is 11.4 Å². The molecule has 0 aromatic heterocycles. The summed E-state index contributed by atoms with van der Waals surface area (Å²) in [5, 5.41) is 2.07. The minimum Gasteiger partial charge on any atom is -0.362 e. The van der Waals surface area contributed by atoms with E-state index in [4.69, 9.17) is 0 Å². The van der Waals surface area contributed by atoms with Crippen molar-refractivity contribution < 1.29 is 0 Å². The maximum Gasteiger partial charge on any atom is 0.0732 e. The summed E-state index contributed by atoms with van der Waals surface area (Å²) in [5.41, 5.74) is 11.2. The first-order valence-corrected chi connectivity index (χ1v) is 22.2. The lowest BCUT2D eigenvalue weighted by Gasteiger charge is -2.56. The van der Waals surface area contributed by atoms with E-state index in [1.54, 1.807) is 33.6 Å². The molecule has 3 heteroatoms. The fourth-order valence-electron chi connectivity index (χ4n) is 12.7. The molecule has 1 atom stereocenters. The highest BCUT2D eigenvalue weighted by Gasteiger charge is 2.65. The monoisotopic (exact) mass is 679 g/mol. The van der Waals surface area contributed by atoms with Crippen molar-refractivity contribution in [2.24, 2.45) is 10.8 Å². The third-order valence-corrected chi connectivity index (χ3v) is 18.7. The van der Waals surface area contributed by atoms with E-state index in [1.165, 1.54) is 77.0 Å². The van der Waals surface area contributed by atoms with E-state index in [0.717, 1.165) is 0 Å². The van der Waals surface area contributed by atoms with Gasteiger partial charge in [-0.05, 0) is 112 Å². The van der Waals surface area contributed by atoms with Crippen LogP contribution < -0.4 is 9.80 Å². The van der Waals surface area contributed by atoms with Crippen LogP contribution in [0.3, 0.4) is 0 Å². The number of rotatable bonds is 4. The van der Waals surface area contributed by atoms with Gasteiger partial charge in [-0.15, -0.1) is 0 Å². The minimum absolute atomic E-state index is 0.0772. The number of para-hydroxylation sites is 2. The van der Waals surface area contributed by atoms with Crippen LogP contribution in [0.15, 0.2) is 36.4 Å². The molecule has 3 aliphatic heterocycles. The summed E-state index contributed by atoms with van der Waals surface area (Å²) in [6.07, 6.45) is 16.7. The molecule has 4 fully saturated rings. The Hall–Kier alpha value is -1.87. The molecule has 0 radical (unpaired) electrons. The van der Waals surface area contributed by atoms with Gasteiger partial charge in [0.05, 0.1) is 8.41 Å². The van der Waals surface area contributed by atoms with Crippen LogP contribution >= 0.6 is 0 Å². The van der Waals surface area contributed by atoms with Crippen molar-refractivity contribution in [1.82, 2.24) is 0 Å². The van der Waals surface area contributed by atoms with Crippen LogP contribution in [0.2, 0.25) is 0 Å². The average Bonchev–Trinajstić information content (AvgIpc) is 3.38. The molecule has 2 saturated heterocycles. The van der Waals surface area contributed by atoms with E-state index < -0.39 is 8.41 Å². The van der Waals surface area contributed by atoms with Crippen molar-refractivity contribution in [1.29, 1.82) is 0 Å². The second-order valence-electron chi connectivity index (χ2n) is 20.2. The first kappa shape index (κ1) is 35.5. The van der Waals surface area contributed by atoms with Gasteiger partial charge in [0.2, 0.25) is 0 Å². The molecule has 2 nitrogen and oxygen atoms in total. The van der Waals surface area contributed by atoms with Crippen LogP contribution in [-0.4, -0.2) is 30.4 Å². The van der Waals surface area contributed by atoms with Gasteiger partial charge in [-0.3, -0.25) is 0 Å². The van der Waals surface area contributed by atoms with Crippen LogP contribution in [-0.2, 0) is 5.04 Å². The number of nitrogens with zero attached hydrogens (tertiary/aromatic N) is 2. The van der Waals surface area contributed by atoms with Crippen molar-refractivity contribution in [3.63, 3.8) is 0 Å². The Bertz CT molecular complexity index is 1580. The summed E-state index contributed by atoms with van der Waals surface area (Å²) in [5.74, 6) is 1.50. The predicted molar refractivity (Wildman–Crippen MR) is 216 cm³/mol. The highest BCUT2D eigenvalue weighted by Crippen LogP contribution is 2.63. The van der Waals surface area contributed by atoms with Gasteiger partial charge >= 0.3 is 0 Å². The maximum absolute atomic E-state index is 3.16. The normalized spacial score (nSPS) is 27.9. The molecule has 0 N–H and O–H groups in total. The summed E-state index contributed by atoms with van der Waals surface area (Å²) < 4.78 is 0. The van der Waals surface area contributed by atoms with Crippen molar-refractivity contribution in [3.05, 3.63) is 58.7 Å². The minimum atomic E-state index is -1.19. The average molecular weight is 679 g/mol. The second-order valence-corrected chi connectivity index (χ2v) is 23.3. The zero-order chi connectivity index (χ0) is 35.3. The molecule has 2 aromatic rings. The number of benzene rings is 2. The molecule has 268 valence electrons. The smallest absolute Gasteiger partial charge is 0.0732 e. The summed E-state index contributed by atoms with van der Waals surface area (Å²) >= 11 is 0. The Balaban J connectivity index is 1.67. The second kappa shape index (κ2) is 12.1. The van der Waals surface area contributed by atoms with Gasteiger partial charge in [0.15, 0.2) is 0 Å². The first-order valence-electron chi connectivity index (χ1n) is 20.6. The molecule has 0 unspecified atom stereocenters. The number of anilines is 2. The molecule has 3 heterocycles. The molecule has 0 bridgehead atoms. The van der Waals surface area contributed by atoms with Gasteiger partial charge in [0, 0.05) is 43.9 Å². The van der Waals surface area contributed by atoms with Crippen molar-refractivity contribution >= 4 is 25.1 Å². The summed E-state index contributed by atoms with van der Waals surface area (Å²) in [4.78, 5) is 6.30. The summed E-state index contributed by atoms with van der Waals surface area (Å²) in [6.45, 7) is 30.7. The zero-order valence-electron chi connectivity index (χ0n) is 33.7. The molecule has 2 aliphatic carbocycles. The lowest BCUT2D eigenvalue weighted by atomic mass is 9.70. The van der Waals surface area contributed by atoms with Gasteiger partial charge in [-0.2, -0.15) is 0 Å². The Morgan fingerprint density at radius 2 is 1.08 bits per heavy atom. The number of fused-ring (bicyclic) bond motifs is 4. The number of hydrogen-bond donors (Lipinski definition) is 0. The molecule has 2 spiro atoms. The van der Waals surface area contributed by atoms with Gasteiger partial charge in [-0.25, -0.2) is 0 Å². The van der Waals surface area contributed by atoms with E-state index >= 15 is 0 Å². The Morgan fingerprint density at radius 1 is 0.592 bits per heavy atom. The lowest BCUT2D eigenvalue weighted by molar-refractivity contribution is 0.188. The predicted octanol–water partition coefficient (Wildman–Crippen LogP) is 12.6. The van der Waals surface area contributed by atoms with Crippen LogP contribution in [0, 0.1) is 10.8 Å². The third-order valence-electron chi connectivity index (χ3n) is 14.4. The van der Waals surface area contributed by atoms with E-state index in [-0.39, 0.29) is 16.1 Å². The Morgan fingerprint density at radius 3 is 1.61 bits per heavy atom. The largest absolute Gasteiger partial charge is 0.362 e. The Kier molecular flexibility index (Phi) is 8.77. The van der Waals surface area contributed by atoms with Gasteiger partial charge in [0.1, 0.15) is 0 Å². The standard InChI is InChI=1S/C46H70N2Si/c1-31(2)34-21-19-22-35(32(3)4)38(34)47-40(45(29-42(47,7)8)25-15-13-16-26-45)49-41-46(27-17-14-18-28-46)30-43(9,10)48(41)39-36(33(5)6)23-20-24-37(39)44(49,11)12/h19-24,31-33,41H,13-18,25-30H2,1-12H3/b49-40-/t41-/m1/s1. The van der Waals surface area contributed by atoms with Crippen LogP contribution in [0.1, 0.15) is 200 Å². The topological polar surface area (TPSA) is 6.48 Å². The SMILES string of the molecule is CC(C)c1cccc(C(C)C)c1N1/C(=[Si]2/[C@H]3N(c4c(C(C)C)cccc4C2(C)C)C(C)(C)CC32CCCCC2)C2(CCCCC2)CC1(C)C. The van der Waals surface area contributed by atoms with Gasteiger partial charge < -0.3 is 9.80 Å². The van der Waals surface area contributed by atoms with Crippen LogP contribution in [0.25, 0.3) is 0 Å². The molecule has 0 amide bonds. The summed E-state index contributed by atoms with van der Waals surface area (Å²) in [7, 11) is -1.19.